The topological polar surface area (TPSA) is 68.1 Å². The van der Waals surface area contributed by atoms with Crippen molar-refractivity contribution in [2.75, 3.05) is 7.11 Å². The SMILES string of the molecule is COC(=O)c1ccc(CSC2=NC(=O)C3CCCC3=N2)cc1. The van der Waals surface area contributed by atoms with Crippen molar-refractivity contribution in [1.29, 1.82) is 0 Å². The van der Waals surface area contributed by atoms with E-state index in [2.05, 4.69) is 14.7 Å². The Balaban J connectivity index is 1.63. The molecule has 1 unspecified atom stereocenters. The van der Waals surface area contributed by atoms with E-state index >= 15 is 0 Å². The highest BCUT2D eigenvalue weighted by molar-refractivity contribution is 8.13. The van der Waals surface area contributed by atoms with Crippen molar-refractivity contribution < 1.29 is 14.3 Å². The summed E-state index contributed by atoms with van der Waals surface area (Å²) in [6, 6.07) is 7.20. The molecule has 0 saturated heterocycles. The van der Waals surface area contributed by atoms with Gasteiger partial charge in [-0.15, -0.1) is 0 Å². The summed E-state index contributed by atoms with van der Waals surface area (Å²) >= 11 is 1.45. The lowest BCUT2D eigenvalue weighted by Crippen LogP contribution is -2.23. The van der Waals surface area contributed by atoms with Gasteiger partial charge in [0.1, 0.15) is 0 Å². The van der Waals surface area contributed by atoms with Crippen molar-refractivity contribution >= 4 is 34.5 Å². The predicted octanol–water partition coefficient (Wildman–Crippen LogP) is 2.84. The molecule has 0 bridgehead atoms. The lowest BCUT2D eigenvalue weighted by atomic mass is 10.1. The van der Waals surface area contributed by atoms with Gasteiger partial charge >= 0.3 is 5.97 Å². The van der Waals surface area contributed by atoms with Gasteiger partial charge in [-0.05, 0) is 37.0 Å². The molecule has 0 N–H and O–H groups in total. The number of methoxy groups -OCH3 is 1. The maximum Gasteiger partial charge on any atom is 0.337 e. The average Bonchev–Trinajstić information content (AvgIpc) is 3.02. The summed E-state index contributed by atoms with van der Waals surface area (Å²) in [7, 11) is 1.36. The van der Waals surface area contributed by atoms with E-state index in [9.17, 15) is 9.59 Å². The number of nitrogens with zero attached hydrogens (tertiary/aromatic N) is 2. The maximum absolute atomic E-state index is 11.9. The number of esters is 1. The molecule has 1 heterocycles. The molecule has 1 aliphatic carbocycles. The Hall–Kier alpha value is -1.95. The summed E-state index contributed by atoms with van der Waals surface area (Å²) < 4.78 is 4.66. The second kappa shape index (κ2) is 6.44. The Morgan fingerprint density at radius 1 is 1.32 bits per heavy atom. The van der Waals surface area contributed by atoms with E-state index in [0.717, 1.165) is 30.5 Å². The smallest absolute Gasteiger partial charge is 0.337 e. The fourth-order valence-electron chi connectivity index (χ4n) is 2.62. The summed E-state index contributed by atoms with van der Waals surface area (Å²) in [5, 5.41) is 0.551. The minimum Gasteiger partial charge on any atom is -0.465 e. The Kier molecular flexibility index (Phi) is 4.38. The quantitative estimate of drug-likeness (QED) is 0.804. The highest BCUT2D eigenvalue weighted by Gasteiger charge is 2.32. The molecule has 1 aliphatic heterocycles. The van der Waals surface area contributed by atoms with Crippen LogP contribution >= 0.6 is 11.8 Å². The van der Waals surface area contributed by atoms with Crippen LogP contribution in [0.4, 0.5) is 0 Å². The standard InChI is InChI=1S/C16H16N2O3S/c1-21-15(20)11-7-5-10(6-8-11)9-22-16-17-13-4-2-3-12(13)14(19)18-16/h5-8,12H,2-4,9H2,1H3. The van der Waals surface area contributed by atoms with Crippen molar-refractivity contribution in [2.45, 2.75) is 25.0 Å². The first-order valence-electron chi connectivity index (χ1n) is 7.17. The summed E-state index contributed by atoms with van der Waals surface area (Å²) in [6.45, 7) is 0. The van der Waals surface area contributed by atoms with Crippen molar-refractivity contribution in [3.63, 3.8) is 0 Å². The molecule has 114 valence electrons. The van der Waals surface area contributed by atoms with Gasteiger partial charge in [-0.2, -0.15) is 4.99 Å². The van der Waals surface area contributed by atoms with Crippen LogP contribution in [0.3, 0.4) is 0 Å². The Labute approximate surface area is 132 Å². The number of amidine groups is 1. The Bertz CT molecular complexity index is 664. The molecule has 1 atom stereocenters. The van der Waals surface area contributed by atoms with Crippen molar-refractivity contribution in [3.8, 4) is 0 Å². The number of hydrogen-bond donors (Lipinski definition) is 0. The first-order valence-corrected chi connectivity index (χ1v) is 8.16. The Morgan fingerprint density at radius 3 is 2.82 bits per heavy atom. The number of amides is 1. The van der Waals surface area contributed by atoms with E-state index in [-0.39, 0.29) is 17.8 Å². The van der Waals surface area contributed by atoms with Crippen LogP contribution in [0.1, 0.15) is 35.2 Å². The monoisotopic (exact) mass is 316 g/mol. The van der Waals surface area contributed by atoms with Gasteiger partial charge in [0.25, 0.3) is 5.91 Å². The summed E-state index contributed by atoms with van der Waals surface area (Å²) in [6.07, 6.45) is 2.82. The lowest BCUT2D eigenvalue weighted by Gasteiger charge is -2.13. The zero-order valence-corrected chi connectivity index (χ0v) is 13.1. The molecule has 3 rings (SSSR count). The third-order valence-corrected chi connectivity index (χ3v) is 4.73. The van der Waals surface area contributed by atoms with Gasteiger partial charge < -0.3 is 4.74 Å². The van der Waals surface area contributed by atoms with Gasteiger partial charge in [-0.3, -0.25) is 4.79 Å². The van der Waals surface area contributed by atoms with Crippen LogP contribution in [0.15, 0.2) is 34.3 Å². The first kappa shape index (κ1) is 15.0. The third-order valence-electron chi connectivity index (χ3n) is 3.81. The largest absolute Gasteiger partial charge is 0.465 e. The molecule has 5 nitrogen and oxygen atoms in total. The van der Waals surface area contributed by atoms with E-state index < -0.39 is 0 Å². The van der Waals surface area contributed by atoms with Crippen LogP contribution in [-0.2, 0) is 15.3 Å². The van der Waals surface area contributed by atoms with Gasteiger partial charge in [-0.25, -0.2) is 9.79 Å². The van der Waals surface area contributed by atoms with Crippen LogP contribution in [0.5, 0.6) is 0 Å². The molecular weight excluding hydrogens is 300 g/mol. The van der Waals surface area contributed by atoms with Crippen molar-refractivity contribution in [1.82, 2.24) is 0 Å². The first-order chi connectivity index (χ1) is 10.7. The molecule has 22 heavy (non-hydrogen) atoms. The molecule has 1 aromatic carbocycles. The lowest BCUT2D eigenvalue weighted by molar-refractivity contribution is -0.119. The number of fused-ring (bicyclic) bond motifs is 1. The molecule has 0 aromatic heterocycles. The molecule has 1 fully saturated rings. The maximum atomic E-state index is 11.9. The van der Waals surface area contributed by atoms with Crippen LogP contribution in [-0.4, -0.2) is 29.9 Å². The minimum absolute atomic E-state index is 0.0500. The van der Waals surface area contributed by atoms with E-state index in [1.807, 2.05) is 12.1 Å². The van der Waals surface area contributed by atoms with Gasteiger partial charge in [0.15, 0.2) is 5.17 Å². The van der Waals surface area contributed by atoms with Crippen LogP contribution in [0, 0.1) is 5.92 Å². The van der Waals surface area contributed by atoms with Crippen molar-refractivity contribution in [3.05, 3.63) is 35.4 Å². The summed E-state index contributed by atoms with van der Waals surface area (Å²) in [5.41, 5.74) is 2.56. The average molecular weight is 316 g/mol. The minimum atomic E-state index is -0.347. The second-order valence-corrected chi connectivity index (χ2v) is 6.20. The predicted molar refractivity (Wildman–Crippen MR) is 86.3 cm³/mol. The van der Waals surface area contributed by atoms with Crippen LogP contribution < -0.4 is 0 Å². The van der Waals surface area contributed by atoms with Crippen molar-refractivity contribution in [2.24, 2.45) is 15.9 Å². The number of carbonyl (C=O) groups is 2. The summed E-state index contributed by atoms with van der Waals surface area (Å²) in [4.78, 5) is 31.9. The fraction of sp³-hybridized carbons (Fsp3) is 0.375. The number of thioether (sulfide) groups is 1. The zero-order chi connectivity index (χ0) is 15.5. The van der Waals surface area contributed by atoms with Gasteiger partial charge in [0.05, 0.1) is 18.6 Å². The fourth-order valence-corrected chi connectivity index (χ4v) is 3.44. The zero-order valence-electron chi connectivity index (χ0n) is 12.2. The van der Waals surface area contributed by atoms with E-state index in [1.54, 1.807) is 12.1 Å². The highest BCUT2D eigenvalue weighted by Crippen LogP contribution is 2.29. The number of hydrogen-bond acceptors (Lipinski definition) is 5. The van der Waals surface area contributed by atoms with E-state index in [4.69, 9.17) is 0 Å². The van der Waals surface area contributed by atoms with E-state index in [0.29, 0.717) is 16.5 Å². The normalized spacial score (nSPS) is 20.2. The molecule has 1 saturated carbocycles. The third kappa shape index (κ3) is 3.11. The molecule has 0 radical (unpaired) electrons. The molecule has 1 amide bonds. The van der Waals surface area contributed by atoms with E-state index in [1.165, 1.54) is 18.9 Å². The molecule has 6 heteroatoms. The number of carbonyl (C=O) groups excluding carboxylic acids is 2. The molecule has 1 aromatic rings. The summed E-state index contributed by atoms with van der Waals surface area (Å²) in [5.74, 6) is 0.199. The molecular formula is C16H16N2O3S. The van der Waals surface area contributed by atoms with Crippen LogP contribution in [0.25, 0.3) is 0 Å². The number of rotatable bonds is 3. The van der Waals surface area contributed by atoms with Gasteiger partial charge in [-0.1, -0.05) is 23.9 Å². The Morgan fingerprint density at radius 2 is 2.09 bits per heavy atom. The molecule has 2 aliphatic rings. The van der Waals surface area contributed by atoms with Gasteiger partial charge in [0.2, 0.25) is 0 Å². The second-order valence-electron chi connectivity index (χ2n) is 5.26. The number of benzene rings is 1. The molecule has 0 spiro atoms. The van der Waals surface area contributed by atoms with Crippen LogP contribution in [0.2, 0.25) is 0 Å². The van der Waals surface area contributed by atoms with Gasteiger partial charge in [0, 0.05) is 11.5 Å². The number of ether oxygens (including phenoxy) is 1. The highest BCUT2D eigenvalue weighted by atomic mass is 32.2. The number of aliphatic imine (C=N–C) groups is 2.